The van der Waals surface area contributed by atoms with Crippen LogP contribution in [0.15, 0.2) is 89.4 Å². The lowest BCUT2D eigenvalue weighted by atomic mass is 10.1. The highest BCUT2D eigenvalue weighted by atomic mass is 79.9. The first-order valence-electron chi connectivity index (χ1n) is 10.3. The molecule has 0 aromatic heterocycles. The number of hydrogen-bond donors (Lipinski definition) is 1. The first-order valence-corrected chi connectivity index (χ1v) is 11.5. The number of thiocarbonyl (C=S) groups is 1. The second kappa shape index (κ2) is 10.1. The Kier molecular flexibility index (Phi) is 6.97. The van der Waals surface area contributed by atoms with E-state index in [1.54, 1.807) is 4.90 Å². The number of amides is 2. The minimum absolute atomic E-state index is 0.0210. The second-order valence-electron chi connectivity index (χ2n) is 7.58. The summed E-state index contributed by atoms with van der Waals surface area (Å²) in [6, 6.07) is 26.2. The Morgan fingerprint density at radius 1 is 0.875 bits per heavy atom. The molecular formula is C25H22BrN3O2S. The summed E-state index contributed by atoms with van der Waals surface area (Å²) < 4.78 is 0.928. The van der Waals surface area contributed by atoms with E-state index < -0.39 is 6.04 Å². The van der Waals surface area contributed by atoms with Crippen LogP contribution in [0.25, 0.3) is 0 Å². The highest BCUT2D eigenvalue weighted by molar-refractivity contribution is 9.10. The number of nitrogens with one attached hydrogen (secondary N) is 1. The van der Waals surface area contributed by atoms with Gasteiger partial charge in [0.05, 0.1) is 13.0 Å². The molecule has 1 atom stereocenters. The van der Waals surface area contributed by atoms with Crippen LogP contribution in [0.1, 0.15) is 17.5 Å². The van der Waals surface area contributed by atoms with E-state index in [4.69, 9.17) is 12.2 Å². The quantitative estimate of drug-likeness (QED) is 0.458. The van der Waals surface area contributed by atoms with E-state index in [2.05, 4.69) is 21.2 Å². The predicted octanol–water partition coefficient (Wildman–Crippen LogP) is 4.98. The fourth-order valence-corrected chi connectivity index (χ4v) is 4.29. The lowest BCUT2D eigenvalue weighted by molar-refractivity contribution is -0.131. The molecule has 1 heterocycles. The van der Waals surface area contributed by atoms with Crippen LogP contribution < -0.4 is 5.32 Å². The van der Waals surface area contributed by atoms with Crippen molar-refractivity contribution in [1.29, 1.82) is 0 Å². The van der Waals surface area contributed by atoms with Crippen molar-refractivity contribution in [3.8, 4) is 0 Å². The molecule has 1 saturated heterocycles. The monoisotopic (exact) mass is 507 g/mol. The summed E-state index contributed by atoms with van der Waals surface area (Å²) in [6.07, 6.45) is 0.0210. The summed E-state index contributed by atoms with van der Waals surface area (Å²) in [5.41, 5.74) is 2.70. The van der Waals surface area contributed by atoms with E-state index >= 15 is 0 Å². The average Bonchev–Trinajstić information content (AvgIpc) is 3.01. The van der Waals surface area contributed by atoms with Crippen LogP contribution in [0.2, 0.25) is 0 Å². The molecule has 0 bridgehead atoms. The van der Waals surface area contributed by atoms with Crippen LogP contribution in [0.5, 0.6) is 0 Å². The third kappa shape index (κ3) is 5.23. The van der Waals surface area contributed by atoms with Crippen LogP contribution in [0.3, 0.4) is 0 Å². The third-order valence-electron chi connectivity index (χ3n) is 5.29. The summed E-state index contributed by atoms with van der Waals surface area (Å²) in [5.74, 6) is -0.381. The number of anilines is 1. The van der Waals surface area contributed by atoms with Crippen LogP contribution in [-0.4, -0.2) is 32.8 Å². The molecule has 4 rings (SSSR count). The maximum absolute atomic E-state index is 13.4. The van der Waals surface area contributed by atoms with Gasteiger partial charge in [0.1, 0.15) is 6.04 Å². The van der Waals surface area contributed by atoms with Crippen molar-refractivity contribution in [2.45, 2.75) is 25.6 Å². The van der Waals surface area contributed by atoms with Crippen molar-refractivity contribution in [3.63, 3.8) is 0 Å². The van der Waals surface area contributed by atoms with Crippen molar-refractivity contribution in [1.82, 2.24) is 9.80 Å². The van der Waals surface area contributed by atoms with Crippen molar-refractivity contribution in [2.24, 2.45) is 0 Å². The summed E-state index contributed by atoms with van der Waals surface area (Å²) in [5, 5.41) is 3.33. The number of nitrogens with zero attached hydrogens (tertiary/aromatic N) is 2. The molecule has 0 aliphatic carbocycles. The first kappa shape index (κ1) is 22.2. The lowest BCUT2D eigenvalue weighted by Gasteiger charge is -2.24. The molecule has 0 spiro atoms. The van der Waals surface area contributed by atoms with E-state index in [0.29, 0.717) is 23.9 Å². The molecule has 1 aliphatic rings. The summed E-state index contributed by atoms with van der Waals surface area (Å²) in [4.78, 5) is 29.6. The highest BCUT2D eigenvalue weighted by Gasteiger charge is 2.43. The summed E-state index contributed by atoms with van der Waals surface area (Å²) in [6.45, 7) is 0.849. The highest BCUT2D eigenvalue weighted by Crippen LogP contribution is 2.26. The van der Waals surface area contributed by atoms with Crippen molar-refractivity contribution in [2.75, 3.05) is 5.32 Å². The summed E-state index contributed by atoms with van der Waals surface area (Å²) in [7, 11) is 0. The van der Waals surface area contributed by atoms with E-state index in [9.17, 15) is 9.59 Å². The fourth-order valence-electron chi connectivity index (χ4n) is 3.68. The summed E-state index contributed by atoms with van der Waals surface area (Å²) >= 11 is 9.09. The van der Waals surface area contributed by atoms with E-state index in [1.807, 2.05) is 89.8 Å². The van der Waals surface area contributed by atoms with Gasteiger partial charge in [-0.05, 0) is 47.6 Å². The molecule has 5 nitrogen and oxygen atoms in total. The normalized spacial score (nSPS) is 15.8. The van der Waals surface area contributed by atoms with Crippen LogP contribution in [0, 0.1) is 0 Å². The number of benzene rings is 3. The third-order valence-corrected chi connectivity index (χ3v) is 6.27. The molecule has 32 heavy (non-hydrogen) atoms. The minimum atomic E-state index is -0.651. The second-order valence-corrected chi connectivity index (χ2v) is 8.86. The van der Waals surface area contributed by atoms with Crippen molar-refractivity contribution >= 4 is 50.8 Å². The van der Waals surface area contributed by atoms with Crippen molar-refractivity contribution < 1.29 is 9.59 Å². The predicted molar refractivity (Wildman–Crippen MR) is 133 cm³/mol. The Bertz CT molecular complexity index is 1110. The Labute approximate surface area is 201 Å². The Morgan fingerprint density at radius 3 is 2.03 bits per heavy atom. The zero-order chi connectivity index (χ0) is 22.5. The lowest BCUT2D eigenvalue weighted by Crippen LogP contribution is -2.37. The number of halogens is 1. The van der Waals surface area contributed by atoms with Gasteiger partial charge in [0, 0.05) is 16.7 Å². The molecule has 1 aliphatic heterocycles. The molecule has 1 unspecified atom stereocenters. The van der Waals surface area contributed by atoms with Crippen LogP contribution in [0.4, 0.5) is 5.69 Å². The molecule has 3 aromatic carbocycles. The smallest absolute Gasteiger partial charge is 0.252 e. The number of carbonyl (C=O) groups is 2. The van der Waals surface area contributed by atoms with Gasteiger partial charge in [-0.3, -0.25) is 14.5 Å². The number of carbonyl (C=O) groups excluding carboxylic acids is 2. The Balaban J connectivity index is 1.54. The minimum Gasteiger partial charge on any atom is -0.332 e. The van der Waals surface area contributed by atoms with Crippen LogP contribution in [-0.2, 0) is 22.7 Å². The molecule has 0 radical (unpaired) electrons. The van der Waals surface area contributed by atoms with Gasteiger partial charge < -0.3 is 10.2 Å². The van der Waals surface area contributed by atoms with E-state index in [-0.39, 0.29) is 18.2 Å². The zero-order valence-corrected chi connectivity index (χ0v) is 19.7. The van der Waals surface area contributed by atoms with E-state index in [1.165, 1.54) is 0 Å². The molecule has 1 fully saturated rings. The van der Waals surface area contributed by atoms with Gasteiger partial charge in [-0.15, -0.1) is 0 Å². The topological polar surface area (TPSA) is 52.7 Å². The molecule has 1 N–H and O–H groups in total. The standard InChI is InChI=1S/C25H22BrN3O2S/c26-20-11-13-21(14-12-20)27-23(30)15-22-24(31)29(17-19-9-5-2-6-10-19)25(32)28(22)16-18-7-3-1-4-8-18/h1-14,22H,15-17H2,(H,27,30). The molecular weight excluding hydrogens is 486 g/mol. The van der Waals surface area contributed by atoms with Crippen LogP contribution >= 0.6 is 28.1 Å². The SMILES string of the molecule is O=C(CC1C(=O)N(Cc2ccccc2)C(=S)N1Cc1ccccc1)Nc1ccc(Br)cc1. The molecule has 2 amide bonds. The number of rotatable bonds is 7. The maximum Gasteiger partial charge on any atom is 0.252 e. The molecule has 3 aromatic rings. The number of hydrogen-bond acceptors (Lipinski definition) is 3. The molecule has 162 valence electrons. The largest absolute Gasteiger partial charge is 0.332 e. The van der Waals surface area contributed by atoms with Gasteiger partial charge in [0.25, 0.3) is 5.91 Å². The first-order chi connectivity index (χ1) is 15.5. The molecule has 7 heteroatoms. The Morgan fingerprint density at radius 2 is 1.44 bits per heavy atom. The van der Waals surface area contributed by atoms with Gasteiger partial charge >= 0.3 is 0 Å². The van der Waals surface area contributed by atoms with Gasteiger partial charge in [-0.1, -0.05) is 76.6 Å². The van der Waals surface area contributed by atoms with Gasteiger partial charge in [-0.2, -0.15) is 0 Å². The zero-order valence-electron chi connectivity index (χ0n) is 17.3. The van der Waals surface area contributed by atoms with Gasteiger partial charge in [0.2, 0.25) is 5.91 Å². The van der Waals surface area contributed by atoms with Gasteiger partial charge in [0.15, 0.2) is 5.11 Å². The van der Waals surface area contributed by atoms with Crippen molar-refractivity contribution in [3.05, 3.63) is 101 Å². The average molecular weight is 508 g/mol. The van der Waals surface area contributed by atoms with Gasteiger partial charge in [-0.25, -0.2) is 0 Å². The Hall–Kier alpha value is -3.03. The fraction of sp³-hybridized carbons (Fsp3) is 0.160. The molecule has 0 saturated carbocycles. The van der Waals surface area contributed by atoms with E-state index in [0.717, 1.165) is 15.6 Å². The maximum atomic E-state index is 13.4.